The number of hydrogen-bond donors (Lipinski definition) is 1. The first-order chi connectivity index (χ1) is 14.0. The van der Waals surface area contributed by atoms with Crippen molar-refractivity contribution < 1.29 is 21.6 Å². The Hall–Kier alpha value is -2.10. The molecule has 2 aromatic carbocycles. The molecule has 1 N–H and O–H groups in total. The topological polar surface area (TPSA) is 92.8 Å². The molecule has 9 heteroatoms. The van der Waals surface area contributed by atoms with Crippen molar-refractivity contribution in [3.63, 3.8) is 0 Å². The fourth-order valence-corrected chi connectivity index (χ4v) is 5.99. The lowest BCUT2D eigenvalue weighted by atomic mass is 10.0. The summed E-state index contributed by atoms with van der Waals surface area (Å²) >= 11 is 0. The van der Waals surface area contributed by atoms with Crippen molar-refractivity contribution in [1.82, 2.24) is 4.31 Å². The first-order valence-corrected chi connectivity index (χ1v) is 12.7. The molecule has 7 nitrogen and oxygen atoms in total. The molecular formula is C21H30N2O5S2. The van der Waals surface area contributed by atoms with Gasteiger partial charge in [0.15, 0.2) is 0 Å². The Morgan fingerprint density at radius 2 is 1.57 bits per heavy atom. The van der Waals surface area contributed by atoms with Gasteiger partial charge in [0.25, 0.3) is 10.0 Å². The summed E-state index contributed by atoms with van der Waals surface area (Å²) in [5.41, 5.74) is 1.64. The minimum absolute atomic E-state index is 0.0825. The Morgan fingerprint density at radius 3 is 2.03 bits per heavy atom. The number of rotatable bonds is 9. The van der Waals surface area contributed by atoms with E-state index in [1.165, 1.54) is 28.6 Å². The molecule has 0 atom stereocenters. The number of methoxy groups -OCH3 is 1. The van der Waals surface area contributed by atoms with Crippen molar-refractivity contribution >= 4 is 25.7 Å². The van der Waals surface area contributed by atoms with Crippen LogP contribution in [-0.2, 0) is 20.0 Å². The number of benzene rings is 2. The van der Waals surface area contributed by atoms with E-state index in [9.17, 15) is 16.8 Å². The maximum absolute atomic E-state index is 13.0. The second-order valence-electron chi connectivity index (χ2n) is 7.23. The standard InChI is InChI=1S/C21H30N2O5S2/c1-7-23(8-2)30(26,27)18-11-9-17(10-12-18)22-29(24,25)21-14-19(15(3)4)20(28-6)13-16(21)5/h9-15,22H,7-8H2,1-6H3. The molecule has 0 aromatic heterocycles. The van der Waals surface area contributed by atoms with E-state index in [1.807, 2.05) is 13.8 Å². The Kier molecular flexibility index (Phi) is 7.54. The van der Waals surface area contributed by atoms with Gasteiger partial charge < -0.3 is 4.74 Å². The van der Waals surface area contributed by atoms with Gasteiger partial charge in [-0.15, -0.1) is 0 Å². The summed E-state index contributed by atoms with van der Waals surface area (Å²) in [4.78, 5) is 0.281. The lowest BCUT2D eigenvalue weighted by Crippen LogP contribution is -2.30. The largest absolute Gasteiger partial charge is 0.496 e. The molecule has 0 saturated heterocycles. The molecule has 0 spiro atoms. The zero-order chi connectivity index (χ0) is 22.7. The van der Waals surface area contributed by atoms with Crippen molar-refractivity contribution in [2.24, 2.45) is 0 Å². The van der Waals surface area contributed by atoms with Crippen molar-refractivity contribution in [1.29, 1.82) is 0 Å². The molecule has 0 amide bonds. The molecule has 0 bridgehead atoms. The molecule has 0 heterocycles. The number of aryl methyl sites for hydroxylation is 1. The van der Waals surface area contributed by atoms with Crippen LogP contribution >= 0.6 is 0 Å². The van der Waals surface area contributed by atoms with Crippen LogP contribution in [0, 0.1) is 6.92 Å². The number of anilines is 1. The zero-order valence-electron chi connectivity index (χ0n) is 18.3. The second-order valence-corrected chi connectivity index (χ2v) is 10.8. The number of sulfonamides is 2. The van der Waals surface area contributed by atoms with Crippen LogP contribution in [0.1, 0.15) is 44.7 Å². The van der Waals surface area contributed by atoms with Crippen LogP contribution in [0.3, 0.4) is 0 Å². The molecule has 0 aliphatic rings. The first kappa shape index (κ1) is 24.2. The summed E-state index contributed by atoms with van der Waals surface area (Å²) in [5.74, 6) is 0.728. The van der Waals surface area contributed by atoms with Gasteiger partial charge in [-0.2, -0.15) is 4.31 Å². The molecule has 0 radical (unpaired) electrons. The summed E-state index contributed by atoms with van der Waals surface area (Å²) in [7, 11) is -5.91. The Morgan fingerprint density at radius 1 is 1.00 bits per heavy atom. The fraction of sp³-hybridized carbons (Fsp3) is 0.429. The quantitative estimate of drug-likeness (QED) is 0.619. The normalized spacial score (nSPS) is 12.4. The average Bonchev–Trinajstić information content (AvgIpc) is 2.68. The Bertz CT molecular complexity index is 1090. The maximum atomic E-state index is 13.0. The van der Waals surface area contributed by atoms with E-state index in [2.05, 4.69) is 4.72 Å². The molecule has 30 heavy (non-hydrogen) atoms. The number of hydrogen-bond acceptors (Lipinski definition) is 5. The van der Waals surface area contributed by atoms with E-state index in [1.54, 1.807) is 40.0 Å². The minimum atomic E-state index is -3.86. The van der Waals surface area contributed by atoms with Crippen LogP contribution in [0.25, 0.3) is 0 Å². The molecule has 0 saturated carbocycles. The summed E-state index contributed by atoms with van der Waals surface area (Å²) in [5, 5.41) is 0. The minimum Gasteiger partial charge on any atom is -0.496 e. The highest BCUT2D eigenvalue weighted by Gasteiger charge is 2.23. The highest BCUT2D eigenvalue weighted by Crippen LogP contribution is 2.32. The molecule has 0 unspecified atom stereocenters. The predicted octanol–water partition coefficient (Wildman–Crippen LogP) is 3.96. The van der Waals surface area contributed by atoms with Gasteiger partial charge in [0, 0.05) is 18.8 Å². The third-order valence-corrected chi connectivity index (χ3v) is 8.48. The van der Waals surface area contributed by atoms with E-state index >= 15 is 0 Å². The molecule has 2 aromatic rings. The lowest BCUT2D eigenvalue weighted by Gasteiger charge is -2.19. The summed E-state index contributed by atoms with van der Waals surface area (Å²) in [6.07, 6.45) is 0. The van der Waals surface area contributed by atoms with Crippen LogP contribution in [0.15, 0.2) is 46.2 Å². The SMILES string of the molecule is CCN(CC)S(=O)(=O)c1ccc(NS(=O)(=O)c2cc(C(C)C)c(OC)cc2C)cc1. The van der Waals surface area contributed by atoms with Gasteiger partial charge in [-0.3, -0.25) is 4.72 Å². The van der Waals surface area contributed by atoms with Crippen molar-refractivity contribution in [3.8, 4) is 5.75 Å². The van der Waals surface area contributed by atoms with Gasteiger partial charge in [0.05, 0.1) is 16.9 Å². The Labute approximate surface area is 180 Å². The lowest BCUT2D eigenvalue weighted by molar-refractivity contribution is 0.406. The third kappa shape index (κ3) is 4.96. The van der Waals surface area contributed by atoms with Gasteiger partial charge in [0.2, 0.25) is 10.0 Å². The zero-order valence-corrected chi connectivity index (χ0v) is 19.9. The summed E-state index contributed by atoms with van der Waals surface area (Å²) in [6.45, 7) is 9.90. The first-order valence-electron chi connectivity index (χ1n) is 9.79. The summed E-state index contributed by atoms with van der Waals surface area (Å²) in [6, 6.07) is 9.06. The molecule has 0 fully saturated rings. The van der Waals surface area contributed by atoms with Crippen LogP contribution in [0.2, 0.25) is 0 Å². The Balaban J connectivity index is 2.38. The number of nitrogens with zero attached hydrogens (tertiary/aromatic N) is 1. The average molecular weight is 455 g/mol. The molecular weight excluding hydrogens is 424 g/mol. The molecule has 0 aliphatic heterocycles. The van der Waals surface area contributed by atoms with Crippen LogP contribution < -0.4 is 9.46 Å². The van der Waals surface area contributed by atoms with Gasteiger partial charge in [-0.05, 0) is 60.4 Å². The van der Waals surface area contributed by atoms with Gasteiger partial charge in [0.1, 0.15) is 5.75 Å². The molecule has 166 valence electrons. The van der Waals surface area contributed by atoms with Crippen LogP contribution in [-0.4, -0.2) is 41.3 Å². The van der Waals surface area contributed by atoms with E-state index in [0.717, 1.165) is 5.56 Å². The van der Waals surface area contributed by atoms with Crippen LogP contribution in [0.5, 0.6) is 5.75 Å². The van der Waals surface area contributed by atoms with Gasteiger partial charge in [-0.1, -0.05) is 27.7 Å². The highest BCUT2D eigenvalue weighted by atomic mass is 32.2. The maximum Gasteiger partial charge on any atom is 0.262 e. The van der Waals surface area contributed by atoms with E-state index < -0.39 is 20.0 Å². The predicted molar refractivity (Wildman–Crippen MR) is 119 cm³/mol. The second kappa shape index (κ2) is 9.36. The van der Waals surface area contributed by atoms with Crippen LogP contribution in [0.4, 0.5) is 5.69 Å². The van der Waals surface area contributed by atoms with Crippen molar-refractivity contribution in [3.05, 3.63) is 47.5 Å². The number of nitrogens with one attached hydrogen (secondary N) is 1. The number of ether oxygens (including phenoxy) is 1. The molecule has 0 aliphatic carbocycles. The van der Waals surface area contributed by atoms with E-state index in [-0.39, 0.29) is 21.4 Å². The smallest absolute Gasteiger partial charge is 0.262 e. The van der Waals surface area contributed by atoms with Crippen molar-refractivity contribution in [2.75, 3.05) is 24.9 Å². The van der Waals surface area contributed by atoms with E-state index in [0.29, 0.717) is 24.4 Å². The highest BCUT2D eigenvalue weighted by molar-refractivity contribution is 7.92. The van der Waals surface area contributed by atoms with Gasteiger partial charge in [-0.25, -0.2) is 16.8 Å². The monoisotopic (exact) mass is 454 g/mol. The third-order valence-electron chi connectivity index (χ3n) is 4.89. The van der Waals surface area contributed by atoms with Gasteiger partial charge >= 0.3 is 0 Å². The summed E-state index contributed by atoms with van der Waals surface area (Å²) < 4.78 is 60.5. The van der Waals surface area contributed by atoms with E-state index in [4.69, 9.17) is 4.74 Å². The molecule has 2 rings (SSSR count). The fourth-order valence-electron chi connectivity index (χ4n) is 3.21. The van der Waals surface area contributed by atoms with Crippen molar-refractivity contribution in [2.45, 2.75) is 50.3 Å².